The maximum absolute atomic E-state index is 12.5. The van der Waals surface area contributed by atoms with Crippen molar-refractivity contribution >= 4 is 50.3 Å². The van der Waals surface area contributed by atoms with E-state index in [1.54, 1.807) is 41.7 Å². The summed E-state index contributed by atoms with van der Waals surface area (Å²) in [5.74, 6) is 2.35. The Bertz CT molecular complexity index is 2230. The molecule has 0 unspecified atom stereocenters. The molecule has 0 amide bonds. The average molecular weight is 755 g/mol. The van der Waals surface area contributed by atoms with Crippen LogP contribution in [0.15, 0.2) is 140 Å². The van der Waals surface area contributed by atoms with Gasteiger partial charge in [0.15, 0.2) is 6.54 Å². The van der Waals surface area contributed by atoms with E-state index in [-0.39, 0.29) is 18.1 Å². The summed E-state index contributed by atoms with van der Waals surface area (Å²) in [6.45, 7) is 2.25. The summed E-state index contributed by atoms with van der Waals surface area (Å²) in [5.41, 5.74) is 2.93. The fourth-order valence-corrected chi connectivity index (χ4v) is 8.75. The zero-order valence-corrected chi connectivity index (χ0v) is 31.2. The molecule has 1 aliphatic heterocycles. The van der Waals surface area contributed by atoms with Gasteiger partial charge < -0.3 is 24.1 Å². The third-order valence-corrected chi connectivity index (χ3v) is 11.8. The van der Waals surface area contributed by atoms with Gasteiger partial charge in [-0.1, -0.05) is 54.6 Å². The number of nitrogens with zero attached hydrogens (tertiary/aromatic N) is 2. The Hall–Kier alpha value is -4.10. The van der Waals surface area contributed by atoms with Gasteiger partial charge in [-0.15, -0.1) is 23.5 Å². The van der Waals surface area contributed by atoms with Crippen LogP contribution in [0.2, 0.25) is 0 Å². The highest BCUT2D eigenvalue weighted by molar-refractivity contribution is 7.99. The van der Waals surface area contributed by atoms with Gasteiger partial charge in [-0.2, -0.15) is 0 Å². The van der Waals surface area contributed by atoms with Crippen molar-refractivity contribution in [1.82, 2.24) is 4.58 Å². The van der Waals surface area contributed by atoms with E-state index in [1.165, 1.54) is 15.9 Å². The lowest BCUT2D eigenvalue weighted by atomic mass is 9.93. The normalized spacial score (nSPS) is 12.4. The first-order valence-corrected chi connectivity index (χ1v) is 20.7. The van der Waals surface area contributed by atoms with Gasteiger partial charge in [-0.05, 0) is 60.7 Å². The second-order valence-electron chi connectivity index (χ2n) is 12.2. The summed E-state index contributed by atoms with van der Waals surface area (Å²) in [6, 6.07) is 38.3. The lowest BCUT2D eigenvalue weighted by Crippen LogP contribution is -2.33. The molecule has 6 rings (SSSR count). The number of rotatable bonds is 17. The van der Waals surface area contributed by atoms with Crippen molar-refractivity contribution in [3.05, 3.63) is 127 Å². The van der Waals surface area contributed by atoms with E-state index in [0.29, 0.717) is 59.6 Å². The van der Waals surface area contributed by atoms with Gasteiger partial charge in [0.25, 0.3) is 0 Å². The summed E-state index contributed by atoms with van der Waals surface area (Å²) >= 11 is 3.58. The summed E-state index contributed by atoms with van der Waals surface area (Å²) in [4.78, 5) is 4.24. The molecule has 0 atom stereocenters. The first kappa shape index (κ1) is 37.7. The van der Waals surface area contributed by atoms with Crippen molar-refractivity contribution < 1.29 is 27.6 Å². The molecule has 0 saturated heterocycles. The topological polar surface area (TPSA) is 117 Å². The molecule has 0 fully saturated rings. The van der Waals surface area contributed by atoms with E-state index in [1.807, 2.05) is 72.8 Å². The van der Waals surface area contributed by atoms with Crippen LogP contribution >= 0.6 is 23.5 Å². The number of thioether (sulfide) groups is 2. The highest BCUT2D eigenvalue weighted by atomic mass is 32.2. The van der Waals surface area contributed by atoms with Crippen LogP contribution in [0.25, 0.3) is 33.4 Å². The number of hydrogen-bond donors (Lipinski definition) is 2. The molecule has 2 aliphatic rings. The molecular weight excluding hydrogens is 713 g/mol. The quantitative estimate of drug-likeness (QED) is 0.0333. The second-order valence-corrected chi connectivity index (χ2v) is 15.9. The molecule has 4 aromatic rings. The first-order valence-electron chi connectivity index (χ1n) is 17.3. The van der Waals surface area contributed by atoms with Crippen LogP contribution in [0.4, 0.5) is 5.69 Å². The molecule has 0 aromatic heterocycles. The van der Waals surface area contributed by atoms with Crippen LogP contribution in [0.1, 0.15) is 12.8 Å². The molecule has 0 saturated carbocycles. The molecule has 11 heteroatoms. The standard InChI is InChI=1S/C41H42N2O6S3/c44-25-23-42(21-9-27-50-33-11-3-1-4-12-33)31-17-19-35-38(29-31)49-39-30-32(43(24-26-45)22-10-28-51-34-13-5-2-6-14-34)18-20-36(39)41(35)37-15-7-8-16-40(37)52(46,47)48/h1-8,11-20,29-30,44-45H,9-10,21-28H2. The minimum atomic E-state index is -4.80. The van der Waals surface area contributed by atoms with Crippen molar-refractivity contribution in [2.24, 2.45) is 0 Å². The SMILES string of the molecule is O=S(=O)([O-])c1ccccc1-c1c2ccc(=[N+](CCO)CCCSc3ccccc3)cc-2oc2cc(N(CCO)CCCSc3ccccc3)ccc12. The average Bonchev–Trinajstić information content (AvgIpc) is 3.16. The first-order chi connectivity index (χ1) is 25.4. The molecule has 1 aliphatic carbocycles. The van der Waals surface area contributed by atoms with Gasteiger partial charge >= 0.3 is 0 Å². The Morgan fingerprint density at radius 3 is 2.04 bits per heavy atom. The molecule has 0 spiro atoms. The number of aliphatic hydroxyl groups is 2. The van der Waals surface area contributed by atoms with Gasteiger partial charge in [0.05, 0.1) is 17.6 Å². The van der Waals surface area contributed by atoms with E-state index in [4.69, 9.17) is 4.42 Å². The number of benzene rings is 5. The van der Waals surface area contributed by atoms with Crippen LogP contribution in [0, 0.1) is 0 Å². The number of anilines is 1. The number of hydrogen-bond acceptors (Lipinski definition) is 9. The number of aliphatic hydroxyl groups excluding tert-OH is 2. The van der Waals surface area contributed by atoms with Gasteiger partial charge in [0, 0.05) is 75.0 Å². The molecular formula is C41H42N2O6S3. The van der Waals surface area contributed by atoms with E-state index in [9.17, 15) is 23.2 Å². The molecule has 2 N–H and O–H groups in total. The van der Waals surface area contributed by atoms with Gasteiger partial charge in [-0.3, -0.25) is 0 Å². The Labute approximate surface area is 313 Å². The smallest absolute Gasteiger partial charge is 0.203 e. The largest absolute Gasteiger partial charge is 0.744 e. The monoisotopic (exact) mass is 754 g/mol. The minimum absolute atomic E-state index is 0.0212. The summed E-state index contributed by atoms with van der Waals surface area (Å²) < 4.78 is 46.3. The minimum Gasteiger partial charge on any atom is -0.744 e. The van der Waals surface area contributed by atoms with E-state index >= 15 is 0 Å². The van der Waals surface area contributed by atoms with Crippen molar-refractivity contribution in [2.45, 2.75) is 27.5 Å². The van der Waals surface area contributed by atoms with Gasteiger partial charge in [-0.25, -0.2) is 13.0 Å². The summed E-state index contributed by atoms with van der Waals surface area (Å²) in [6.07, 6.45) is 1.78. The maximum atomic E-state index is 12.5. The molecule has 1 heterocycles. The molecule has 52 heavy (non-hydrogen) atoms. The zero-order valence-electron chi connectivity index (χ0n) is 28.8. The number of fused-ring (bicyclic) bond motifs is 2. The maximum Gasteiger partial charge on any atom is 0.203 e. The summed E-state index contributed by atoms with van der Waals surface area (Å²) in [5, 5.41) is 21.5. The molecule has 0 bridgehead atoms. The third-order valence-electron chi connectivity index (χ3n) is 8.75. The van der Waals surface area contributed by atoms with E-state index < -0.39 is 10.1 Å². The highest BCUT2D eigenvalue weighted by Gasteiger charge is 2.23. The Kier molecular flexibility index (Phi) is 13.1. The Balaban J connectivity index is 1.40. The predicted octanol–water partition coefficient (Wildman–Crippen LogP) is 7.04. The lowest BCUT2D eigenvalue weighted by molar-refractivity contribution is 0.281. The molecule has 4 aromatic carbocycles. The fourth-order valence-electron chi connectivity index (χ4n) is 6.35. The van der Waals surface area contributed by atoms with Gasteiger partial charge in [0.2, 0.25) is 5.36 Å². The Morgan fingerprint density at radius 2 is 1.37 bits per heavy atom. The van der Waals surface area contributed by atoms with Crippen molar-refractivity contribution in [3.63, 3.8) is 0 Å². The molecule has 270 valence electrons. The van der Waals surface area contributed by atoms with Crippen molar-refractivity contribution in [1.29, 1.82) is 0 Å². The highest BCUT2D eigenvalue weighted by Crippen LogP contribution is 2.43. The van der Waals surface area contributed by atoms with Crippen LogP contribution < -0.4 is 14.8 Å². The van der Waals surface area contributed by atoms with Gasteiger partial charge in [0.1, 0.15) is 34.6 Å². The van der Waals surface area contributed by atoms with Crippen LogP contribution in [0.3, 0.4) is 0 Å². The summed E-state index contributed by atoms with van der Waals surface area (Å²) in [7, 11) is -4.80. The fraction of sp³-hybridized carbons (Fsp3) is 0.244. The Morgan fingerprint density at radius 1 is 0.692 bits per heavy atom. The van der Waals surface area contributed by atoms with E-state index in [2.05, 4.69) is 33.7 Å². The van der Waals surface area contributed by atoms with Crippen LogP contribution in [-0.2, 0) is 10.1 Å². The van der Waals surface area contributed by atoms with Crippen molar-refractivity contribution in [2.75, 3.05) is 55.8 Å². The molecule has 8 nitrogen and oxygen atoms in total. The second kappa shape index (κ2) is 18.1. The predicted molar refractivity (Wildman–Crippen MR) is 211 cm³/mol. The van der Waals surface area contributed by atoms with Crippen molar-refractivity contribution in [3.8, 4) is 22.5 Å². The van der Waals surface area contributed by atoms with E-state index in [0.717, 1.165) is 35.4 Å². The third kappa shape index (κ3) is 9.46. The molecule has 0 radical (unpaired) electrons. The zero-order chi connectivity index (χ0) is 36.3. The van der Waals surface area contributed by atoms with Crippen LogP contribution in [-0.4, -0.2) is 74.1 Å². The van der Waals surface area contributed by atoms with Crippen LogP contribution in [0.5, 0.6) is 0 Å². The lowest BCUT2D eigenvalue weighted by Gasteiger charge is -2.25.